The van der Waals surface area contributed by atoms with Gasteiger partial charge in [-0.3, -0.25) is 4.79 Å². The second-order valence-electron chi connectivity index (χ2n) is 5.47. The summed E-state index contributed by atoms with van der Waals surface area (Å²) in [5.74, 6) is 0.179. The van der Waals surface area contributed by atoms with Crippen LogP contribution in [-0.2, 0) is 0 Å². The highest BCUT2D eigenvalue weighted by Gasteiger charge is 2.19. The highest BCUT2D eigenvalue weighted by Crippen LogP contribution is 2.39. The van der Waals surface area contributed by atoms with Gasteiger partial charge in [0.2, 0.25) is 0 Å². The van der Waals surface area contributed by atoms with Crippen molar-refractivity contribution in [3.8, 4) is 5.75 Å². The van der Waals surface area contributed by atoms with Crippen molar-refractivity contribution in [1.29, 1.82) is 0 Å². The van der Waals surface area contributed by atoms with E-state index in [4.69, 9.17) is 0 Å². The summed E-state index contributed by atoms with van der Waals surface area (Å²) < 4.78 is 29.1. The number of Topliss-reactive ketones (excluding diaryl/α,β-unsaturated/α-hetero) is 1. The van der Waals surface area contributed by atoms with E-state index in [-0.39, 0.29) is 16.8 Å². The third-order valence-corrected chi connectivity index (χ3v) is 5.84. The Morgan fingerprint density at radius 3 is 2.35 bits per heavy atom. The van der Waals surface area contributed by atoms with Crippen LogP contribution in [-0.4, -0.2) is 12.4 Å². The molecule has 1 heterocycles. The number of halogens is 2. The lowest BCUT2D eigenvalue weighted by Gasteiger charge is -2.17. The molecule has 0 N–H and O–H groups in total. The molecular weight excluding hydrogens is 374 g/mol. The van der Waals surface area contributed by atoms with Gasteiger partial charge in [-0.2, -0.15) is 8.78 Å². The van der Waals surface area contributed by atoms with Gasteiger partial charge in [0, 0.05) is 16.6 Å². The van der Waals surface area contributed by atoms with Crippen molar-refractivity contribution >= 4 is 28.9 Å². The number of thioether (sulfide) groups is 1. The fraction of sp³-hybridized carbons (Fsp3) is 0.150. The molecule has 1 atom stereocenters. The molecule has 0 spiro atoms. The molecule has 0 aliphatic rings. The van der Waals surface area contributed by atoms with Crippen LogP contribution >= 0.6 is 23.1 Å². The second kappa shape index (κ2) is 8.96. The minimum atomic E-state index is -2.85. The van der Waals surface area contributed by atoms with Crippen molar-refractivity contribution in [3.05, 3.63) is 82.6 Å². The minimum absolute atomic E-state index is 0.0707. The maximum Gasteiger partial charge on any atom is 0.387 e. The smallest absolute Gasteiger partial charge is 0.387 e. The Morgan fingerprint density at radius 2 is 1.73 bits per heavy atom. The Kier molecular flexibility index (Phi) is 6.41. The number of carbonyl (C=O) groups excluding carboxylic acids is 1. The lowest BCUT2D eigenvalue weighted by Crippen LogP contribution is -2.05. The van der Waals surface area contributed by atoms with E-state index < -0.39 is 6.61 Å². The first-order valence-electron chi connectivity index (χ1n) is 7.95. The molecule has 0 saturated carbocycles. The number of ether oxygens (including phenoxy) is 1. The van der Waals surface area contributed by atoms with Crippen LogP contribution in [0.15, 0.2) is 77.0 Å². The zero-order valence-electron chi connectivity index (χ0n) is 13.7. The molecule has 6 heteroatoms. The fourth-order valence-electron chi connectivity index (χ4n) is 2.46. The van der Waals surface area contributed by atoms with Gasteiger partial charge < -0.3 is 4.74 Å². The molecule has 0 aliphatic heterocycles. The van der Waals surface area contributed by atoms with Crippen molar-refractivity contribution in [3.63, 3.8) is 0 Å². The summed E-state index contributed by atoms with van der Waals surface area (Å²) in [7, 11) is 0. The Hall–Kier alpha value is -2.18. The van der Waals surface area contributed by atoms with Crippen LogP contribution in [0.5, 0.6) is 5.75 Å². The zero-order valence-corrected chi connectivity index (χ0v) is 15.3. The van der Waals surface area contributed by atoms with E-state index in [1.54, 1.807) is 23.9 Å². The number of ketones is 1. The molecule has 1 aromatic heterocycles. The number of hydrogen-bond acceptors (Lipinski definition) is 4. The Bertz CT molecular complexity index is 819. The fourth-order valence-corrected chi connectivity index (χ4v) is 4.31. The molecule has 0 aliphatic carbocycles. The standard InChI is InChI=1S/C20H16F2O2S2/c21-20(22)24-15-10-8-14(9-11-15)19(26-16-5-2-1-3-6-16)13-17(23)18-7-4-12-25-18/h1-12,19-20H,13H2/t19-/m0/s1. The van der Waals surface area contributed by atoms with Crippen molar-refractivity contribution in [2.75, 3.05) is 0 Å². The van der Waals surface area contributed by atoms with Gasteiger partial charge in [0.25, 0.3) is 0 Å². The SMILES string of the molecule is O=C(C[C@H](Sc1ccccc1)c1ccc(OC(F)F)cc1)c1cccs1. The first kappa shape index (κ1) is 18.6. The largest absolute Gasteiger partial charge is 0.435 e. The summed E-state index contributed by atoms with van der Waals surface area (Å²) in [4.78, 5) is 14.3. The summed E-state index contributed by atoms with van der Waals surface area (Å²) in [6.07, 6.45) is 0.328. The highest BCUT2D eigenvalue weighted by molar-refractivity contribution is 7.99. The molecule has 0 amide bonds. The molecule has 0 radical (unpaired) electrons. The van der Waals surface area contributed by atoms with Crippen molar-refractivity contribution in [2.45, 2.75) is 23.2 Å². The number of carbonyl (C=O) groups is 1. The average molecular weight is 390 g/mol. The van der Waals surface area contributed by atoms with E-state index in [1.165, 1.54) is 23.5 Å². The van der Waals surface area contributed by atoms with Crippen LogP contribution in [0, 0.1) is 0 Å². The summed E-state index contributed by atoms with van der Waals surface area (Å²) in [6.45, 7) is -2.85. The van der Waals surface area contributed by atoms with Crippen LogP contribution in [0.3, 0.4) is 0 Å². The first-order chi connectivity index (χ1) is 12.6. The third kappa shape index (κ3) is 5.16. The van der Waals surface area contributed by atoms with Gasteiger partial charge >= 0.3 is 6.61 Å². The molecule has 3 aromatic rings. The van der Waals surface area contributed by atoms with Gasteiger partial charge in [-0.25, -0.2) is 0 Å². The average Bonchev–Trinajstić information content (AvgIpc) is 3.17. The molecule has 0 unspecified atom stereocenters. The third-order valence-electron chi connectivity index (χ3n) is 3.67. The predicted octanol–water partition coefficient (Wildman–Crippen LogP) is 6.46. The molecule has 26 heavy (non-hydrogen) atoms. The number of rotatable bonds is 8. The zero-order chi connectivity index (χ0) is 18.4. The number of thiophene rings is 1. The van der Waals surface area contributed by atoms with Crippen LogP contribution in [0.1, 0.15) is 26.9 Å². The van der Waals surface area contributed by atoms with E-state index >= 15 is 0 Å². The number of hydrogen-bond donors (Lipinski definition) is 0. The minimum Gasteiger partial charge on any atom is -0.435 e. The van der Waals surface area contributed by atoms with Crippen LogP contribution in [0.25, 0.3) is 0 Å². The molecule has 2 nitrogen and oxygen atoms in total. The maximum absolute atomic E-state index is 12.6. The van der Waals surface area contributed by atoms with Gasteiger partial charge in [-0.1, -0.05) is 36.4 Å². The topological polar surface area (TPSA) is 26.3 Å². The molecular formula is C20H16F2O2S2. The van der Waals surface area contributed by atoms with Gasteiger partial charge in [0.1, 0.15) is 5.75 Å². The first-order valence-corrected chi connectivity index (χ1v) is 9.71. The molecule has 0 fully saturated rings. The molecule has 0 saturated heterocycles. The summed E-state index contributed by atoms with van der Waals surface area (Å²) in [5.41, 5.74) is 0.894. The molecule has 134 valence electrons. The highest BCUT2D eigenvalue weighted by atomic mass is 32.2. The molecule has 2 aromatic carbocycles. The van der Waals surface area contributed by atoms with Crippen LogP contribution in [0.2, 0.25) is 0 Å². The molecule has 3 rings (SSSR count). The van der Waals surface area contributed by atoms with Gasteiger partial charge in [0.05, 0.1) is 4.88 Å². The Morgan fingerprint density at radius 1 is 1.00 bits per heavy atom. The van der Waals surface area contributed by atoms with Gasteiger partial charge in [-0.15, -0.1) is 23.1 Å². The summed E-state index contributed by atoms with van der Waals surface area (Å²) in [6, 6.07) is 20.0. The van der Waals surface area contributed by atoms with Crippen molar-refractivity contribution < 1.29 is 18.3 Å². The lowest BCUT2D eigenvalue weighted by atomic mass is 10.1. The van der Waals surface area contributed by atoms with E-state index in [2.05, 4.69) is 4.74 Å². The maximum atomic E-state index is 12.6. The number of alkyl halides is 2. The monoisotopic (exact) mass is 390 g/mol. The second-order valence-corrected chi connectivity index (χ2v) is 7.70. The Balaban J connectivity index is 1.81. The predicted molar refractivity (Wildman–Crippen MR) is 101 cm³/mol. The van der Waals surface area contributed by atoms with E-state index in [0.717, 1.165) is 15.3 Å². The van der Waals surface area contributed by atoms with Crippen molar-refractivity contribution in [2.24, 2.45) is 0 Å². The lowest BCUT2D eigenvalue weighted by molar-refractivity contribution is -0.0498. The van der Waals surface area contributed by atoms with E-state index in [9.17, 15) is 13.6 Å². The van der Waals surface area contributed by atoms with Crippen molar-refractivity contribution in [1.82, 2.24) is 0 Å². The summed E-state index contributed by atoms with van der Waals surface area (Å²) >= 11 is 3.00. The Labute approximate surface area is 158 Å². The van der Waals surface area contributed by atoms with Crippen LogP contribution in [0.4, 0.5) is 8.78 Å². The van der Waals surface area contributed by atoms with Crippen LogP contribution < -0.4 is 4.74 Å². The quantitative estimate of drug-likeness (QED) is 0.326. The van der Waals surface area contributed by atoms with Gasteiger partial charge in [-0.05, 0) is 41.3 Å². The molecule has 0 bridgehead atoms. The number of benzene rings is 2. The summed E-state index contributed by atoms with van der Waals surface area (Å²) in [5, 5.41) is 1.76. The van der Waals surface area contributed by atoms with E-state index in [0.29, 0.717) is 6.42 Å². The normalized spacial score (nSPS) is 12.1. The van der Waals surface area contributed by atoms with Gasteiger partial charge in [0.15, 0.2) is 5.78 Å². The van der Waals surface area contributed by atoms with E-state index in [1.807, 2.05) is 47.8 Å².